The number of likely N-dealkylation sites (N-methyl/N-ethyl adjacent to an activating group) is 1. The number of benzene rings is 2. The van der Waals surface area contributed by atoms with Crippen molar-refractivity contribution in [3.63, 3.8) is 0 Å². The van der Waals surface area contributed by atoms with Crippen LogP contribution in [0.1, 0.15) is 56.3 Å². The first-order valence-electron chi connectivity index (χ1n) is 14.6. The maximum Gasteiger partial charge on any atom is 0.323 e. The van der Waals surface area contributed by atoms with Gasteiger partial charge in [0.05, 0.1) is 37.6 Å². The topological polar surface area (TPSA) is 132 Å². The van der Waals surface area contributed by atoms with Crippen molar-refractivity contribution in [2.45, 2.75) is 64.1 Å². The quantitative estimate of drug-likeness (QED) is 0.362. The minimum absolute atomic E-state index is 0.165. The lowest BCUT2D eigenvalue weighted by Crippen LogP contribution is -2.52. The highest BCUT2D eigenvalue weighted by atomic mass is 16.5. The van der Waals surface area contributed by atoms with Crippen molar-refractivity contribution in [2.75, 3.05) is 44.5 Å². The Labute approximate surface area is 247 Å². The van der Waals surface area contributed by atoms with Crippen LogP contribution in [0.3, 0.4) is 0 Å². The molecular formula is C31H43N5O6. The first-order valence-corrected chi connectivity index (χ1v) is 14.6. The number of hydrogen-bond donors (Lipinski definition) is 4. The molecule has 0 unspecified atom stereocenters. The van der Waals surface area contributed by atoms with Crippen molar-refractivity contribution in [1.82, 2.24) is 15.1 Å². The monoisotopic (exact) mass is 581 g/mol. The lowest BCUT2D eigenvalue weighted by Gasteiger charge is -2.38. The van der Waals surface area contributed by atoms with E-state index in [1.54, 1.807) is 73.3 Å². The zero-order valence-electron chi connectivity index (χ0n) is 24.9. The van der Waals surface area contributed by atoms with E-state index in [2.05, 4.69) is 16.0 Å². The number of hydrogen-bond acceptors (Lipinski definition) is 6. The Kier molecular flexibility index (Phi) is 10.5. The minimum atomic E-state index is -0.513. The molecule has 0 aromatic heterocycles. The largest absolute Gasteiger partial charge is 0.497 e. The molecule has 2 aromatic carbocycles. The van der Waals surface area contributed by atoms with Gasteiger partial charge in [-0.3, -0.25) is 4.79 Å². The highest BCUT2D eigenvalue weighted by Gasteiger charge is 2.35. The molecule has 42 heavy (non-hydrogen) atoms. The standard InChI is InChI=1S/C31H43N5O6/c1-20-17-36(21(2)19-37)29(38)25-11-8-12-26(34-30(39)32-23-13-15-24(41-4)16-14-23)28(25)42-27(20)18-35(3)31(40)33-22-9-6-5-7-10-22/h8,11-16,20-22,27,37H,5-7,9-10,17-19H2,1-4H3,(H,33,40)(H2,32,34,39)/t20-,21-,27+/m1/s1. The summed E-state index contributed by atoms with van der Waals surface area (Å²) in [6.45, 7) is 4.14. The number of amides is 5. The third-order valence-corrected chi connectivity index (χ3v) is 8.02. The molecule has 1 saturated carbocycles. The Morgan fingerprint density at radius 3 is 2.50 bits per heavy atom. The summed E-state index contributed by atoms with van der Waals surface area (Å²) in [5, 5.41) is 18.7. The van der Waals surface area contributed by atoms with Crippen LogP contribution in [0.5, 0.6) is 11.5 Å². The Hall–Kier alpha value is -3.99. The van der Waals surface area contributed by atoms with Crippen molar-refractivity contribution in [3.8, 4) is 11.5 Å². The lowest BCUT2D eigenvalue weighted by molar-refractivity contribution is 0.0368. The van der Waals surface area contributed by atoms with Gasteiger partial charge in [-0.05, 0) is 56.2 Å². The molecular weight excluding hydrogens is 538 g/mol. The van der Waals surface area contributed by atoms with Crippen LogP contribution in [0.25, 0.3) is 0 Å². The molecule has 2 aliphatic rings. The Bertz CT molecular complexity index is 1230. The second kappa shape index (κ2) is 14.3. The zero-order chi connectivity index (χ0) is 30.2. The number of carbonyl (C=O) groups excluding carboxylic acids is 3. The van der Waals surface area contributed by atoms with Crippen LogP contribution >= 0.6 is 0 Å². The fourth-order valence-electron chi connectivity index (χ4n) is 5.40. The van der Waals surface area contributed by atoms with E-state index in [1.807, 2.05) is 6.92 Å². The number of nitrogens with one attached hydrogen (secondary N) is 3. The number of fused-ring (bicyclic) bond motifs is 1. The fraction of sp³-hybridized carbons (Fsp3) is 0.516. The average Bonchev–Trinajstić information content (AvgIpc) is 2.99. The number of nitrogens with zero attached hydrogens (tertiary/aromatic N) is 2. The number of anilines is 2. The SMILES string of the molecule is COc1ccc(NC(=O)Nc2cccc3c2O[C@@H](CN(C)C(=O)NC2CCCCC2)[C@H](C)CN([C@H](C)CO)C3=O)cc1. The molecule has 5 amide bonds. The molecule has 4 N–H and O–H groups in total. The fourth-order valence-corrected chi connectivity index (χ4v) is 5.40. The molecule has 2 aromatic rings. The Morgan fingerprint density at radius 2 is 1.83 bits per heavy atom. The van der Waals surface area contributed by atoms with Crippen LogP contribution in [0.4, 0.5) is 21.0 Å². The summed E-state index contributed by atoms with van der Waals surface area (Å²) < 4.78 is 11.7. The predicted octanol–water partition coefficient (Wildman–Crippen LogP) is 4.53. The Balaban J connectivity index is 1.58. The summed E-state index contributed by atoms with van der Waals surface area (Å²) in [6, 6.07) is 11.0. The number of ether oxygens (including phenoxy) is 2. The van der Waals surface area contributed by atoms with Crippen molar-refractivity contribution in [3.05, 3.63) is 48.0 Å². The van der Waals surface area contributed by atoms with Gasteiger partial charge in [-0.25, -0.2) is 9.59 Å². The Morgan fingerprint density at radius 1 is 1.12 bits per heavy atom. The maximum absolute atomic E-state index is 13.7. The van der Waals surface area contributed by atoms with Gasteiger partial charge in [0.2, 0.25) is 0 Å². The molecule has 0 spiro atoms. The summed E-state index contributed by atoms with van der Waals surface area (Å²) in [5.41, 5.74) is 1.14. The molecule has 1 aliphatic carbocycles. The van der Waals surface area contributed by atoms with E-state index < -0.39 is 18.2 Å². The molecule has 0 saturated heterocycles. The van der Waals surface area contributed by atoms with Crippen molar-refractivity contribution in [2.24, 2.45) is 5.92 Å². The van der Waals surface area contributed by atoms with Gasteiger partial charge >= 0.3 is 12.1 Å². The molecule has 11 nitrogen and oxygen atoms in total. The third-order valence-electron chi connectivity index (χ3n) is 8.02. The molecule has 0 radical (unpaired) electrons. The second-order valence-corrected chi connectivity index (χ2v) is 11.3. The van der Waals surface area contributed by atoms with E-state index in [1.165, 1.54) is 6.42 Å². The van der Waals surface area contributed by atoms with Crippen molar-refractivity contribution < 1.29 is 29.0 Å². The van der Waals surface area contributed by atoms with Gasteiger partial charge in [0.25, 0.3) is 5.91 Å². The van der Waals surface area contributed by atoms with E-state index in [0.29, 0.717) is 23.7 Å². The smallest absolute Gasteiger partial charge is 0.323 e. The van der Waals surface area contributed by atoms with Crippen LogP contribution in [-0.2, 0) is 0 Å². The van der Waals surface area contributed by atoms with Gasteiger partial charge in [-0.15, -0.1) is 0 Å². The van der Waals surface area contributed by atoms with E-state index in [0.717, 1.165) is 25.7 Å². The van der Waals surface area contributed by atoms with Gasteiger partial charge in [-0.2, -0.15) is 0 Å². The van der Waals surface area contributed by atoms with Crippen LogP contribution in [-0.4, -0.2) is 84.9 Å². The van der Waals surface area contributed by atoms with Gasteiger partial charge < -0.3 is 40.3 Å². The maximum atomic E-state index is 13.7. The highest BCUT2D eigenvalue weighted by molar-refractivity contribution is 6.04. The molecule has 228 valence electrons. The number of para-hydroxylation sites is 1. The summed E-state index contributed by atoms with van der Waals surface area (Å²) in [7, 11) is 3.30. The second-order valence-electron chi connectivity index (χ2n) is 11.3. The van der Waals surface area contributed by atoms with Crippen LogP contribution in [0.15, 0.2) is 42.5 Å². The van der Waals surface area contributed by atoms with Gasteiger partial charge in [0, 0.05) is 31.2 Å². The highest BCUT2D eigenvalue weighted by Crippen LogP contribution is 2.35. The number of aliphatic hydroxyl groups is 1. The normalized spacial score (nSPS) is 19.8. The van der Waals surface area contributed by atoms with Gasteiger partial charge in [0.15, 0.2) is 5.75 Å². The van der Waals surface area contributed by atoms with Crippen LogP contribution in [0.2, 0.25) is 0 Å². The molecule has 1 fully saturated rings. The molecule has 11 heteroatoms. The predicted molar refractivity (Wildman–Crippen MR) is 161 cm³/mol. The summed E-state index contributed by atoms with van der Waals surface area (Å²) in [5.74, 6) is 0.387. The van der Waals surface area contributed by atoms with Gasteiger partial charge in [-0.1, -0.05) is 32.3 Å². The van der Waals surface area contributed by atoms with E-state index in [-0.39, 0.29) is 48.4 Å². The van der Waals surface area contributed by atoms with Gasteiger partial charge in [0.1, 0.15) is 11.9 Å². The summed E-state index contributed by atoms with van der Waals surface area (Å²) in [6.07, 6.45) is 4.89. The molecule has 1 heterocycles. The van der Waals surface area contributed by atoms with Crippen LogP contribution < -0.4 is 25.4 Å². The third kappa shape index (κ3) is 7.64. The molecule has 3 atom stereocenters. The number of aliphatic hydroxyl groups excluding tert-OH is 1. The number of rotatable bonds is 8. The lowest BCUT2D eigenvalue weighted by atomic mass is 9.96. The molecule has 1 aliphatic heterocycles. The minimum Gasteiger partial charge on any atom is -0.497 e. The zero-order valence-corrected chi connectivity index (χ0v) is 24.9. The van der Waals surface area contributed by atoms with E-state index >= 15 is 0 Å². The summed E-state index contributed by atoms with van der Waals surface area (Å²) in [4.78, 5) is 43.0. The van der Waals surface area contributed by atoms with Crippen molar-refractivity contribution in [1.29, 1.82) is 0 Å². The molecule has 4 rings (SSSR count). The number of carbonyl (C=O) groups is 3. The first kappa shape index (κ1) is 31.0. The summed E-state index contributed by atoms with van der Waals surface area (Å²) >= 11 is 0. The number of urea groups is 2. The van der Waals surface area contributed by atoms with E-state index in [9.17, 15) is 19.5 Å². The van der Waals surface area contributed by atoms with Crippen molar-refractivity contribution >= 4 is 29.3 Å². The average molecular weight is 582 g/mol. The number of methoxy groups -OCH3 is 1. The first-order chi connectivity index (χ1) is 20.2. The molecule has 0 bridgehead atoms. The van der Waals surface area contributed by atoms with E-state index in [4.69, 9.17) is 9.47 Å². The van der Waals surface area contributed by atoms with Crippen LogP contribution in [0, 0.1) is 5.92 Å².